The summed E-state index contributed by atoms with van der Waals surface area (Å²) in [6.07, 6.45) is 0. The first kappa shape index (κ1) is 13.9. The Kier molecular flexibility index (Phi) is 3.89. The highest BCUT2D eigenvalue weighted by molar-refractivity contribution is 5.95. The van der Waals surface area contributed by atoms with Gasteiger partial charge in [-0.3, -0.25) is 0 Å². The molecule has 0 radical (unpaired) electrons. The van der Waals surface area contributed by atoms with E-state index in [4.69, 9.17) is 9.84 Å². The molecule has 0 aromatic heterocycles. The molecular formula is C15H14FNO3. The van der Waals surface area contributed by atoms with Gasteiger partial charge in [0.2, 0.25) is 0 Å². The third-order valence-corrected chi connectivity index (χ3v) is 2.94. The van der Waals surface area contributed by atoms with E-state index in [1.165, 1.54) is 18.2 Å². The quantitative estimate of drug-likeness (QED) is 0.895. The van der Waals surface area contributed by atoms with Gasteiger partial charge in [-0.25, -0.2) is 9.18 Å². The Hall–Kier alpha value is -2.56. The minimum absolute atomic E-state index is 0.0479. The Balaban J connectivity index is 2.42. The van der Waals surface area contributed by atoms with Crippen molar-refractivity contribution < 1.29 is 19.0 Å². The summed E-state index contributed by atoms with van der Waals surface area (Å²) in [7, 11) is 1.56. The molecule has 0 saturated carbocycles. The molecule has 0 heterocycles. The molecule has 0 unspecified atom stereocenters. The summed E-state index contributed by atoms with van der Waals surface area (Å²) in [6, 6.07) is 9.15. The van der Waals surface area contributed by atoms with Gasteiger partial charge >= 0.3 is 5.97 Å². The number of carboxylic acids is 1. The number of benzene rings is 2. The minimum Gasteiger partial charge on any atom is -0.497 e. The molecule has 2 N–H and O–H groups in total. The van der Waals surface area contributed by atoms with Crippen LogP contribution in [-0.2, 0) is 0 Å². The lowest BCUT2D eigenvalue weighted by Crippen LogP contribution is -2.05. The van der Waals surface area contributed by atoms with Crippen molar-refractivity contribution >= 4 is 17.3 Å². The van der Waals surface area contributed by atoms with E-state index in [1.54, 1.807) is 25.3 Å². The molecule has 0 spiro atoms. The number of methoxy groups -OCH3 is 1. The van der Waals surface area contributed by atoms with E-state index < -0.39 is 11.8 Å². The summed E-state index contributed by atoms with van der Waals surface area (Å²) < 4.78 is 18.9. The first-order valence-electron chi connectivity index (χ1n) is 5.96. The van der Waals surface area contributed by atoms with E-state index in [9.17, 15) is 9.18 Å². The third-order valence-electron chi connectivity index (χ3n) is 2.94. The Morgan fingerprint density at radius 3 is 2.65 bits per heavy atom. The molecule has 0 aliphatic heterocycles. The number of anilines is 2. The van der Waals surface area contributed by atoms with E-state index in [0.717, 1.165) is 5.56 Å². The van der Waals surface area contributed by atoms with Crippen molar-refractivity contribution in [3.63, 3.8) is 0 Å². The maximum Gasteiger partial charge on any atom is 0.337 e. The molecule has 0 aliphatic carbocycles. The zero-order valence-corrected chi connectivity index (χ0v) is 11.1. The van der Waals surface area contributed by atoms with Gasteiger partial charge in [-0.1, -0.05) is 6.07 Å². The second-order valence-electron chi connectivity index (χ2n) is 4.27. The lowest BCUT2D eigenvalue weighted by Gasteiger charge is -2.13. The first-order valence-corrected chi connectivity index (χ1v) is 5.96. The van der Waals surface area contributed by atoms with Gasteiger partial charge in [0.15, 0.2) is 0 Å². The average molecular weight is 275 g/mol. The molecule has 0 fully saturated rings. The molecule has 0 saturated heterocycles. The van der Waals surface area contributed by atoms with Crippen molar-refractivity contribution in [2.24, 2.45) is 0 Å². The third kappa shape index (κ3) is 2.71. The van der Waals surface area contributed by atoms with E-state index in [1.807, 2.05) is 6.92 Å². The van der Waals surface area contributed by atoms with Gasteiger partial charge in [-0.05, 0) is 42.8 Å². The molecule has 2 aromatic rings. The molecular weight excluding hydrogens is 261 g/mol. The van der Waals surface area contributed by atoms with Crippen LogP contribution < -0.4 is 10.1 Å². The molecule has 4 nitrogen and oxygen atoms in total. The smallest absolute Gasteiger partial charge is 0.337 e. The average Bonchev–Trinajstić information content (AvgIpc) is 2.42. The maximum absolute atomic E-state index is 13.8. The predicted molar refractivity (Wildman–Crippen MR) is 74.4 cm³/mol. The number of aryl methyl sites for hydroxylation is 1. The molecule has 0 bridgehead atoms. The minimum atomic E-state index is -1.18. The zero-order chi connectivity index (χ0) is 14.7. The standard InChI is InChI=1S/C15H14FNO3/c1-9-8-10(20-2)6-7-13(9)17-14-11(15(18)19)4-3-5-12(14)16/h3-8,17H,1-2H3,(H,18,19). The van der Waals surface area contributed by atoms with Crippen LogP contribution >= 0.6 is 0 Å². The molecule has 20 heavy (non-hydrogen) atoms. The second kappa shape index (κ2) is 5.61. The van der Waals surface area contributed by atoms with Crippen LogP contribution in [-0.4, -0.2) is 18.2 Å². The number of rotatable bonds is 4. The molecule has 104 valence electrons. The summed E-state index contributed by atoms with van der Waals surface area (Å²) in [4.78, 5) is 11.1. The van der Waals surface area contributed by atoms with Crippen LogP contribution in [0.3, 0.4) is 0 Å². The van der Waals surface area contributed by atoms with Crippen LogP contribution in [0.1, 0.15) is 15.9 Å². The predicted octanol–water partition coefficient (Wildman–Crippen LogP) is 3.58. The molecule has 2 aromatic carbocycles. The summed E-state index contributed by atoms with van der Waals surface area (Å²) >= 11 is 0. The largest absolute Gasteiger partial charge is 0.497 e. The van der Waals surface area contributed by atoms with Crippen LogP contribution in [0.4, 0.5) is 15.8 Å². The molecule has 0 amide bonds. The monoisotopic (exact) mass is 275 g/mol. The number of nitrogens with one attached hydrogen (secondary N) is 1. The van der Waals surface area contributed by atoms with Crippen molar-refractivity contribution in [1.29, 1.82) is 0 Å². The van der Waals surface area contributed by atoms with Crippen molar-refractivity contribution in [1.82, 2.24) is 0 Å². The molecule has 2 rings (SSSR count). The summed E-state index contributed by atoms with van der Waals surface area (Å²) in [5, 5.41) is 11.9. The second-order valence-corrected chi connectivity index (χ2v) is 4.27. The highest BCUT2D eigenvalue weighted by Crippen LogP contribution is 2.28. The van der Waals surface area contributed by atoms with Crippen LogP contribution in [0.2, 0.25) is 0 Å². The van der Waals surface area contributed by atoms with Gasteiger partial charge in [0.25, 0.3) is 0 Å². The number of hydrogen-bond acceptors (Lipinski definition) is 3. The van der Waals surface area contributed by atoms with Gasteiger partial charge in [-0.15, -0.1) is 0 Å². The fraction of sp³-hybridized carbons (Fsp3) is 0.133. The number of para-hydroxylation sites is 1. The van der Waals surface area contributed by atoms with E-state index in [-0.39, 0.29) is 11.3 Å². The topological polar surface area (TPSA) is 58.6 Å². The highest BCUT2D eigenvalue weighted by atomic mass is 19.1. The van der Waals surface area contributed by atoms with Crippen molar-refractivity contribution in [3.05, 3.63) is 53.3 Å². The number of carbonyl (C=O) groups is 1. The van der Waals surface area contributed by atoms with Crippen LogP contribution in [0, 0.1) is 12.7 Å². The Morgan fingerprint density at radius 2 is 2.05 bits per heavy atom. The Morgan fingerprint density at radius 1 is 1.30 bits per heavy atom. The van der Waals surface area contributed by atoms with Gasteiger partial charge in [0.05, 0.1) is 18.4 Å². The van der Waals surface area contributed by atoms with Crippen LogP contribution in [0.25, 0.3) is 0 Å². The van der Waals surface area contributed by atoms with Gasteiger partial charge < -0.3 is 15.2 Å². The fourth-order valence-electron chi connectivity index (χ4n) is 1.87. The van der Waals surface area contributed by atoms with Crippen LogP contribution in [0.5, 0.6) is 5.75 Å². The zero-order valence-electron chi connectivity index (χ0n) is 11.1. The fourth-order valence-corrected chi connectivity index (χ4v) is 1.87. The Labute approximate surface area is 115 Å². The maximum atomic E-state index is 13.8. The summed E-state index contributed by atoms with van der Waals surface area (Å²) in [5.41, 5.74) is 1.29. The SMILES string of the molecule is COc1ccc(Nc2c(F)cccc2C(=O)O)c(C)c1. The van der Waals surface area contributed by atoms with E-state index in [2.05, 4.69) is 5.32 Å². The normalized spacial score (nSPS) is 10.2. The lowest BCUT2D eigenvalue weighted by molar-refractivity contribution is 0.0697. The number of ether oxygens (including phenoxy) is 1. The number of aromatic carboxylic acids is 1. The van der Waals surface area contributed by atoms with Crippen molar-refractivity contribution in [2.75, 3.05) is 12.4 Å². The van der Waals surface area contributed by atoms with E-state index >= 15 is 0 Å². The number of carboxylic acid groups (broad SMARTS) is 1. The van der Waals surface area contributed by atoms with Crippen molar-refractivity contribution in [2.45, 2.75) is 6.92 Å². The van der Waals surface area contributed by atoms with Gasteiger partial charge in [-0.2, -0.15) is 0 Å². The highest BCUT2D eigenvalue weighted by Gasteiger charge is 2.15. The van der Waals surface area contributed by atoms with Crippen LogP contribution in [0.15, 0.2) is 36.4 Å². The summed E-state index contributed by atoms with van der Waals surface area (Å²) in [5.74, 6) is -1.11. The van der Waals surface area contributed by atoms with E-state index in [0.29, 0.717) is 11.4 Å². The summed E-state index contributed by atoms with van der Waals surface area (Å²) in [6.45, 7) is 1.83. The lowest BCUT2D eigenvalue weighted by atomic mass is 10.1. The molecule has 0 aliphatic rings. The van der Waals surface area contributed by atoms with Gasteiger partial charge in [0.1, 0.15) is 11.6 Å². The molecule has 0 atom stereocenters. The molecule has 5 heteroatoms. The van der Waals surface area contributed by atoms with Gasteiger partial charge in [0, 0.05) is 5.69 Å². The number of hydrogen-bond donors (Lipinski definition) is 2. The Bertz CT molecular complexity index is 656. The van der Waals surface area contributed by atoms with Crippen molar-refractivity contribution in [3.8, 4) is 5.75 Å². The number of halogens is 1. The first-order chi connectivity index (χ1) is 9.52.